The molecule has 1 aromatic heterocycles. The fourth-order valence-corrected chi connectivity index (χ4v) is 4.06. The summed E-state index contributed by atoms with van der Waals surface area (Å²) in [6.07, 6.45) is 2.17. The molecule has 164 valence electrons. The number of aromatic nitrogens is 1. The van der Waals surface area contributed by atoms with Gasteiger partial charge in [-0.25, -0.2) is 4.79 Å². The number of hydrogen-bond acceptors (Lipinski definition) is 5. The fourth-order valence-electron chi connectivity index (χ4n) is 4.06. The molecule has 9 heteroatoms. The van der Waals surface area contributed by atoms with Gasteiger partial charge in [-0.05, 0) is 30.7 Å². The van der Waals surface area contributed by atoms with Crippen molar-refractivity contribution < 1.29 is 23.9 Å². The minimum atomic E-state index is -0.983. The molecule has 9 nitrogen and oxygen atoms in total. The Balaban J connectivity index is 1.28. The lowest BCUT2D eigenvalue weighted by Gasteiger charge is -2.22. The van der Waals surface area contributed by atoms with Crippen molar-refractivity contribution in [1.29, 1.82) is 0 Å². The van der Waals surface area contributed by atoms with Crippen molar-refractivity contribution in [3.8, 4) is 11.5 Å². The van der Waals surface area contributed by atoms with Crippen molar-refractivity contribution in [1.82, 2.24) is 15.2 Å². The van der Waals surface area contributed by atoms with E-state index in [9.17, 15) is 14.4 Å². The Hall–Kier alpha value is -4.01. The lowest BCUT2D eigenvalue weighted by Crippen LogP contribution is -2.46. The molecule has 1 fully saturated rings. The number of nitrogens with one attached hydrogen (secondary N) is 3. The second-order valence-electron chi connectivity index (χ2n) is 7.80. The standard InChI is InChI=1S/C23H22N4O5/c1-13(21(28)25-15-6-7-19-20(11-15)32-9-8-31-19)27-22(29)18(26-23(27)30)10-14-12-24-17-5-3-2-4-16(14)17/h2-7,11-13,18,24H,8-10H2,1H3,(H,25,28)(H,26,30)/t13-,18+/m0/s1. The fraction of sp³-hybridized carbons (Fsp3) is 0.261. The Morgan fingerprint density at radius 1 is 1.16 bits per heavy atom. The van der Waals surface area contributed by atoms with Gasteiger partial charge in [0.05, 0.1) is 0 Å². The van der Waals surface area contributed by atoms with Crippen LogP contribution >= 0.6 is 0 Å². The molecule has 4 amide bonds. The molecule has 2 aliphatic rings. The van der Waals surface area contributed by atoms with Crippen molar-refractivity contribution in [3.63, 3.8) is 0 Å². The maximum atomic E-state index is 13.0. The zero-order chi connectivity index (χ0) is 22.2. The number of amides is 4. The summed E-state index contributed by atoms with van der Waals surface area (Å²) in [5.41, 5.74) is 2.38. The number of nitrogens with zero attached hydrogens (tertiary/aromatic N) is 1. The summed E-state index contributed by atoms with van der Waals surface area (Å²) in [5.74, 6) is 0.245. The SMILES string of the molecule is C[C@@H](C(=O)Nc1ccc2c(c1)OCCO2)N1C(=O)N[C@H](Cc2c[nH]c3ccccc23)C1=O. The number of rotatable bonds is 5. The number of imide groups is 1. The monoisotopic (exact) mass is 434 g/mol. The maximum absolute atomic E-state index is 13.0. The van der Waals surface area contributed by atoms with Crippen molar-refractivity contribution in [3.05, 3.63) is 54.2 Å². The quantitative estimate of drug-likeness (QED) is 0.534. The third-order valence-corrected chi connectivity index (χ3v) is 5.73. The molecular weight excluding hydrogens is 412 g/mol. The second kappa shape index (κ2) is 7.92. The summed E-state index contributed by atoms with van der Waals surface area (Å²) in [7, 11) is 0. The first-order valence-corrected chi connectivity index (χ1v) is 10.4. The van der Waals surface area contributed by atoms with Gasteiger partial charge in [-0.2, -0.15) is 0 Å². The first-order valence-electron chi connectivity index (χ1n) is 10.4. The van der Waals surface area contributed by atoms with Gasteiger partial charge in [-0.1, -0.05) is 18.2 Å². The Morgan fingerprint density at radius 2 is 1.94 bits per heavy atom. The second-order valence-corrected chi connectivity index (χ2v) is 7.80. The number of urea groups is 1. The van der Waals surface area contributed by atoms with Crippen molar-refractivity contribution in [2.75, 3.05) is 18.5 Å². The van der Waals surface area contributed by atoms with Crippen LogP contribution in [0.2, 0.25) is 0 Å². The molecule has 2 atom stereocenters. The topological polar surface area (TPSA) is 113 Å². The highest BCUT2D eigenvalue weighted by Gasteiger charge is 2.43. The molecule has 2 aliphatic heterocycles. The van der Waals surface area contributed by atoms with E-state index in [1.165, 1.54) is 6.92 Å². The van der Waals surface area contributed by atoms with Crippen LogP contribution in [0.5, 0.6) is 11.5 Å². The number of anilines is 1. The van der Waals surface area contributed by atoms with Crippen LogP contribution in [0.15, 0.2) is 48.7 Å². The van der Waals surface area contributed by atoms with Crippen molar-refractivity contribution in [2.45, 2.75) is 25.4 Å². The Bertz CT molecular complexity index is 1220. The lowest BCUT2D eigenvalue weighted by molar-refractivity contribution is -0.133. The van der Waals surface area contributed by atoms with Crippen LogP contribution in [0.4, 0.5) is 10.5 Å². The largest absolute Gasteiger partial charge is 0.486 e. The molecule has 32 heavy (non-hydrogen) atoms. The first kappa shape index (κ1) is 19.9. The smallest absolute Gasteiger partial charge is 0.325 e. The Morgan fingerprint density at radius 3 is 2.78 bits per heavy atom. The zero-order valence-corrected chi connectivity index (χ0v) is 17.4. The van der Waals surface area contributed by atoms with E-state index in [1.807, 2.05) is 30.5 Å². The van der Waals surface area contributed by atoms with E-state index >= 15 is 0 Å². The molecule has 1 saturated heterocycles. The predicted octanol–water partition coefficient (Wildman–Crippen LogP) is 2.43. The highest BCUT2D eigenvalue weighted by Crippen LogP contribution is 2.32. The van der Waals surface area contributed by atoms with Gasteiger partial charge in [0.25, 0.3) is 5.91 Å². The first-order chi connectivity index (χ1) is 15.5. The van der Waals surface area contributed by atoms with E-state index < -0.39 is 29.9 Å². The van der Waals surface area contributed by atoms with Gasteiger partial charge < -0.3 is 25.1 Å². The molecule has 2 aromatic carbocycles. The Labute approximate surface area is 183 Å². The summed E-state index contributed by atoms with van der Waals surface area (Å²) < 4.78 is 11.0. The molecular formula is C23H22N4O5. The minimum absolute atomic E-state index is 0.335. The van der Waals surface area contributed by atoms with E-state index in [-0.39, 0.29) is 0 Å². The van der Waals surface area contributed by atoms with Gasteiger partial charge in [0.2, 0.25) is 5.91 Å². The molecule has 0 bridgehead atoms. The predicted molar refractivity (Wildman–Crippen MR) is 117 cm³/mol. The molecule has 0 unspecified atom stereocenters. The van der Waals surface area contributed by atoms with Crippen LogP contribution in [0.3, 0.4) is 0 Å². The molecule has 0 spiro atoms. The average Bonchev–Trinajstić information content (AvgIpc) is 3.33. The number of benzene rings is 2. The van der Waals surface area contributed by atoms with E-state index in [0.717, 1.165) is 21.4 Å². The molecule has 3 N–H and O–H groups in total. The number of para-hydroxylation sites is 1. The number of H-pyrrole nitrogens is 1. The van der Waals surface area contributed by atoms with Crippen LogP contribution in [0.1, 0.15) is 12.5 Å². The van der Waals surface area contributed by atoms with E-state index in [1.54, 1.807) is 18.2 Å². The third kappa shape index (κ3) is 3.51. The molecule has 3 heterocycles. The van der Waals surface area contributed by atoms with Crippen LogP contribution < -0.4 is 20.1 Å². The van der Waals surface area contributed by atoms with Gasteiger partial charge >= 0.3 is 6.03 Å². The van der Waals surface area contributed by atoms with Crippen LogP contribution in [0, 0.1) is 0 Å². The molecule has 0 radical (unpaired) electrons. The normalized spacial score (nSPS) is 18.5. The van der Waals surface area contributed by atoms with Gasteiger partial charge in [0.15, 0.2) is 11.5 Å². The minimum Gasteiger partial charge on any atom is -0.486 e. The highest BCUT2D eigenvalue weighted by molar-refractivity contribution is 6.09. The van der Waals surface area contributed by atoms with Crippen molar-refractivity contribution >= 4 is 34.4 Å². The summed E-state index contributed by atoms with van der Waals surface area (Å²) in [5, 5.41) is 6.44. The van der Waals surface area contributed by atoms with Crippen LogP contribution in [-0.4, -0.2) is 53.0 Å². The van der Waals surface area contributed by atoms with Gasteiger partial charge in [0.1, 0.15) is 25.3 Å². The summed E-state index contributed by atoms with van der Waals surface area (Å²) in [6.45, 7) is 2.43. The molecule has 0 aliphatic carbocycles. The summed E-state index contributed by atoms with van der Waals surface area (Å²) >= 11 is 0. The summed E-state index contributed by atoms with van der Waals surface area (Å²) in [4.78, 5) is 42.5. The maximum Gasteiger partial charge on any atom is 0.325 e. The number of hydrogen-bond donors (Lipinski definition) is 3. The highest BCUT2D eigenvalue weighted by atomic mass is 16.6. The van der Waals surface area contributed by atoms with E-state index in [2.05, 4.69) is 15.6 Å². The number of ether oxygens (including phenoxy) is 2. The van der Waals surface area contributed by atoms with Crippen LogP contribution in [0.25, 0.3) is 10.9 Å². The number of aromatic amines is 1. The van der Waals surface area contributed by atoms with Gasteiger partial charge in [-0.3, -0.25) is 14.5 Å². The lowest BCUT2D eigenvalue weighted by atomic mass is 10.0. The molecule has 5 rings (SSSR count). The third-order valence-electron chi connectivity index (χ3n) is 5.73. The average molecular weight is 434 g/mol. The molecule has 0 saturated carbocycles. The Kier molecular flexibility index (Phi) is 4.93. The van der Waals surface area contributed by atoms with Crippen molar-refractivity contribution in [2.24, 2.45) is 0 Å². The van der Waals surface area contributed by atoms with E-state index in [0.29, 0.717) is 36.8 Å². The number of carbonyl (C=O) groups excluding carboxylic acids is 3. The van der Waals surface area contributed by atoms with E-state index in [4.69, 9.17) is 9.47 Å². The number of carbonyl (C=O) groups is 3. The van der Waals surface area contributed by atoms with Crippen LogP contribution in [-0.2, 0) is 16.0 Å². The van der Waals surface area contributed by atoms with Gasteiger partial charge in [0, 0.05) is 35.3 Å². The van der Waals surface area contributed by atoms with Gasteiger partial charge in [-0.15, -0.1) is 0 Å². The number of fused-ring (bicyclic) bond motifs is 2. The summed E-state index contributed by atoms with van der Waals surface area (Å²) in [6, 6.07) is 10.5. The zero-order valence-electron chi connectivity index (χ0n) is 17.4. The molecule has 3 aromatic rings.